The van der Waals surface area contributed by atoms with Crippen LogP contribution in [0.4, 0.5) is 4.79 Å². The zero-order chi connectivity index (χ0) is 15.6. The van der Waals surface area contributed by atoms with E-state index in [1.165, 1.54) is 19.4 Å². The minimum absolute atomic E-state index is 0.0568. The molecule has 0 radical (unpaired) electrons. The number of nitrogens with one attached hydrogen (secondary N) is 1. The van der Waals surface area contributed by atoms with Crippen molar-refractivity contribution in [1.29, 1.82) is 0 Å². The van der Waals surface area contributed by atoms with Gasteiger partial charge in [-0.15, -0.1) is 0 Å². The van der Waals surface area contributed by atoms with E-state index in [-0.39, 0.29) is 6.03 Å². The molecule has 122 valence electrons. The molecule has 2 fully saturated rings. The van der Waals surface area contributed by atoms with E-state index in [0.717, 1.165) is 37.5 Å². The Hall–Kier alpha value is -1.56. The summed E-state index contributed by atoms with van der Waals surface area (Å²) in [6.07, 6.45) is 4.32. The first kappa shape index (κ1) is 15.3. The third kappa shape index (κ3) is 3.43. The van der Waals surface area contributed by atoms with Gasteiger partial charge in [-0.2, -0.15) is 0 Å². The Balaban J connectivity index is 1.45. The summed E-state index contributed by atoms with van der Waals surface area (Å²) in [5, 5.41) is 6.85. The highest BCUT2D eigenvalue weighted by atomic mass is 16.5. The van der Waals surface area contributed by atoms with E-state index in [9.17, 15) is 4.79 Å². The van der Waals surface area contributed by atoms with Crippen molar-refractivity contribution in [3.05, 3.63) is 17.5 Å². The van der Waals surface area contributed by atoms with E-state index >= 15 is 0 Å². The first-order valence-corrected chi connectivity index (χ1v) is 8.20. The second kappa shape index (κ2) is 6.28. The van der Waals surface area contributed by atoms with Crippen LogP contribution in [0.5, 0.6) is 0 Å². The van der Waals surface area contributed by atoms with Gasteiger partial charge in [-0.3, -0.25) is 0 Å². The minimum Gasteiger partial charge on any atom is -0.361 e. The smallest absolute Gasteiger partial charge is 0.317 e. The lowest BCUT2D eigenvalue weighted by atomic mass is 9.79. The standard InChI is InChI=1S/C16H26N4O2/c1-13-10-14(22-18-13)4-7-17-15(21)20-9-6-16(12-20)5-3-8-19(2)11-16/h10H,3-9,11-12H2,1-2H3,(H,17,21). The Morgan fingerprint density at radius 2 is 2.27 bits per heavy atom. The van der Waals surface area contributed by atoms with Crippen molar-refractivity contribution in [2.75, 3.05) is 39.8 Å². The average Bonchev–Trinajstić information content (AvgIpc) is 3.06. The lowest BCUT2D eigenvalue weighted by Crippen LogP contribution is -2.45. The predicted octanol–water partition coefficient (Wildman–Crippen LogP) is 1.65. The molecule has 2 aliphatic rings. The maximum absolute atomic E-state index is 12.3. The van der Waals surface area contributed by atoms with Crippen LogP contribution in [0.1, 0.15) is 30.7 Å². The van der Waals surface area contributed by atoms with Gasteiger partial charge in [-0.1, -0.05) is 5.16 Å². The highest BCUT2D eigenvalue weighted by Crippen LogP contribution is 2.38. The number of aromatic nitrogens is 1. The van der Waals surface area contributed by atoms with Crippen molar-refractivity contribution in [1.82, 2.24) is 20.3 Å². The molecule has 0 bridgehead atoms. The average molecular weight is 306 g/mol. The Bertz CT molecular complexity index is 530. The zero-order valence-corrected chi connectivity index (χ0v) is 13.6. The molecule has 1 aromatic heterocycles. The number of piperidine rings is 1. The summed E-state index contributed by atoms with van der Waals surface area (Å²) < 4.78 is 5.15. The molecule has 2 saturated heterocycles. The molecule has 1 aromatic rings. The van der Waals surface area contributed by atoms with E-state index < -0.39 is 0 Å². The monoisotopic (exact) mass is 306 g/mol. The van der Waals surface area contributed by atoms with Crippen LogP contribution in [0.25, 0.3) is 0 Å². The number of amides is 2. The fourth-order valence-electron chi connectivity index (χ4n) is 3.83. The molecule has 2 aliphatic heterocycles. The van der Waals surface area contributed by atoms with Crippen LogP contribution in [-0.2, 0) is 6.42 Å². The summed E-state index contributed by atoms with van der Waals surface area (Å²) in [6.45, 7) is 6.57. The number of carbonyl (C=O) groups is 1. The molecule has 6 heteroatoms. The third-order valence-electron chi connectivity index (χ3n) is 4.90. The summed E-state index contributed by atoms with van der Waals surface area (Å²) in [5.74, 6) is 0.824. The van der Waals surface area contributed by atoms with Crippen LogP contribution >= 0.6 is 0 Å². The molecular weight excluding hydrogens is 280 g/mol. The largest absolute Gasteiger partial charge is 0.361 e. The molecule has 0 saturated carbocycles. The van der Waals surface area contributed by atoms with Crippen molar-refractivity contribution < 1.29 is 9.32 Å². The van der Waals surface area contributed by atoms with E-state index in [1.807, 2.05) is 17.9 Å². The molecule has 2 amide bonds. The Morgan fingerprint density at radius 3 is 3.00 bits per heavy atom. The summed E-state index contributed by atoms with van der Waals surface area (Å²) in [5.41, 5.74) is 1.20. The number of hydrogen-bond donors (Lipinski definition) is 1. The van der Waals surface area contributed by atoms with Gasteiger partial charge in [0.2, 0.25) is 0 Å². The molecule has 1 unspecified atom stereocenters. The van der Waals surface area contributed by atoms with Crippen molar-refractivity contribution in [3.8, 4) is 0 Å². The summed E-state index contributed by atoms with van der Waals surface area (Å²) >= 11 is 0. The number of carbonyl (C=O) groups excluding carboxylic acids is 1. The molecule has 1 atom stereocenters. The predicted molar refractivity (Wildman–Crippen MR) is 83.7 cm³/mol. The fraction of sp³-hybridized carbons (Fsp3) is 0.750. The number of hydrogen-bond acceptors (Lipinski definition) is 4. The topological polar surface area (TPSA) is 61.6 Å². The highest BCUT2D eigenvalue weighted by Gasteiger charge is 2.41. The maximum atomic E-state index is 12.3. The van der Waals surface area contributed by atoms with Gasteiger partial charge in [-0.05, 0) is 39.8 Å². The van der Waals surface area contributed by atoms with Gasteiger partial charge in [0.25, 0.3) is 0 Å². The van der Waals surface area contributed by atoms with Gasteiger partial charge in [0, 0.05) is 44.1 Å². The molecule has 1 spiro atoms. The molecular formula is C16H26N4O2. The molecule has 1 N–H and O–H groups in total. The van der Waals surface area contributed by atoms with Crippen LogP contribution < -0.4 is 5.32 Å². The molecule has 0 aliphatic carbocycles. The second-order valence-corrected chi connectivity index (χ2v) is 6.93. The lowest BCUT2D eigenvalue weighted by molar-refractivity contribution is 0.115. The molecule has 0 aromatic carbocycles. The van der Waals surface area contributed by atoms with Crippen LogP contribution in [0.15, 0.2) is 10.6 Å². The Kier molecular flexibility index (Phi) is 4.38. The van der Waals surface area contributed by atoms with Crippen molar-refractivity contribution in [2.45, 2.75) is 32.6 Å². The third-order valence-corrected chi connectivity index (χ3v) is 4.90. The summed E-state index contributed by atoms with van der Waals surface area (Å²) in [6, 6.07) is 1.97. The SMILES string of the molecule is Cc1cc(CCNC(=O)N2CCC3(CCCN(C)C3)C2)on1. The van der Waals surface area contributed by atoms with Gasteiger partial charge in [-0.25, -0.2) is 4.79 Å². The van der Waals surface area contributed by atoms with Gasteiger partial charge >= 0.3 is 6.03 Å². The van der Waals surface area contributed by atoms with Crippen molar-refractivity contribution in [3.63, 3.8) is 0 Å². The first-order chi connectivity index (χ1) is 10.6. The highest BCUT2D eigenvalue weighted by molar-refractivity contribution is 5.74. The van der Waals surface area contributed by atoms with Crippen LogP contribution in [-0.4, -0.2) is 60.8 Å². The normalized spacial score (nSPS) is 25.8. The van der Waals surface area contributed by atoms with Gasteiger partial charge < -0.3 is 19.6 Å². The van der Waals surface area contributed by atoms with Gasteiger partial charge in [0.15, 0.2) is 0 Å². The van der Waals surface area contributed by atoms with Crippen LogP contribution in [0.2, 0.25) is 0 Å². The summed E-state index contributed by atoms with van der Waals surface area (Å²) in [7, 11) is 2.18. The van der Waals surface area contributed by atoms with E-state index in [1.54, 1.807) is 0 Å². The van der Waals surface area contributed by atoms with Crippen LogP contribution in [0, 0.1) is 12.3 Å². The molecule has 3 rings (SSSR count). The van der Waals surface area contributed by atoms with Crippen molar-refractivity contribution >= 4 is 6.03 Å². The molecule has 3 heterocycles. The quantitative estimate of drug-likeness (QED) is 0.922. The number of aryl methyl sites for hydroxylation is 1. The zero-order valence-electron chi connectivity index (χ0n) is 13.6. The molecule has 22 heavy (non-hydrogen) atoms. The van der Waals surface area contributed by atoms with Gasteiger partial charge in [0.05, 0.1) is 5.69 Å². The minimum atomic E-state index is 0.0568. The van der Waals surface area contributed by atoms with Crippen molar-refractivity contribution in [2.24, 2.45) is 5.41 Å². The van der Waals surface area contributed by atoms with E-state index in [0.29, 0.717) is 18.4 Å². The maximum Gasteiger partial charge on any atom is 0.317 e. The van der Waals surface area contributed by atoms with Gasteiger partial charge in [0.1, 0.15) is 5.76 Å². The second-order valence-electron chi connectivity index (χ2n) is 6.93. The Morgan fingerprint density at radius 1 is 1.41 bits per heavy atom. The summed E-state index contributed by atoms with van der Waals surface area (Å²) in [4.78, 5) is 16.7. The number of urea groups is 1. The lowest BCUT2D eigenvalue weighted by Gasteiger charge is -2.38. The first-order valence-electron chi connectivity index (χ1n) is 8.20. The number of rotatable bonds is 3. The fourth-order valence-corrected chi connectivity index (χ4v) is 3.83. The van der Waals surface area contributed by atoms with Crippen LogP contribution in [0.3, 0.4) is 0 Å². The number of nitrogens with zero attached hydrogens (tertiary/aromatic N) is 3. The van der Waals surface area contributed by atoms with E-state index in [4.69, 9.17) is 4.52 Å². The molecule has 6 nitrogen and oxygen atoms in total. The Labute approximate surface area is 131 Å². The number of likely N-dealkylation sites (tertiary alicyclic amines) is 2. The van der Waals surface area contributed by atoms with E-state index in [2.05, 4.69) is 22.4 Å².